The molecule has 0 spiro atoms. The number of anilines is 3. The van der Waals surface area contributed by atoms with Crippen LogP contribution in [0.25, 0.3) is 0 Å². The first-order valence-corrected chi connectivity index (χ1v) is 8.21. The summed E-state index contributed by atoms with van der Waals surface area (Å²) in [4.78, 5) is 20.1. The van der Waals surface area contributed by atoms with E-state index in [4.69, 9.17) is 4.74 Å². The van der Waals surface area contributed by atoms with E-state index < -0.39 is 0 Å². The van der Waals surface area contributed by atoms with Gasteiger partial charge < -0.3 is 15.4 Å². The lowest BCUT2D eigenvalue weighted by Gasteiger charge is -2.10. The van der Waals surface area contributed by atoms with Crippen LogP contribution in [0, 0.1) is 6.92 Å². The van der Waals surface area contributed by atoms with E-state index >= 15 is 0 Å². The highest BCUT2D eigenvalue weighted by atomic mass is 16.5. The molecular weight excluding hydrogens is 328 g/mol. The van der Waals surface area contributed by atoms with Gasteiger partial charge in [0.25, 0.3) is 0 Å². The molecule has 0 atom stereocenters. The molecule has 1 heterocycles. The van der Waals surface area contributed by atoms with Gasteiger partial charge in [0, 0.05) is 18.3 Å². The van der Waals surface area contributed by atoms with Gasteiger partial charge in [0.1, 0.15) is 18.0 Å². The second-order valence-corrected chi connectivity index (χ2v) is 5.83. The maximum atomic E-state index is 11.6. The van der Waals surface area contributed by atoms with Crippen LogP contribution >= 0.6 is 0 Å². The summed E-state index contributed by atoms with van der Waals surface area (Å²) < 4.78 is 4.74. The normalized spacial score (nSPS) is 10.2. The maximum Gasteiger partial charge on any atom is 0.337 e. The summed E-state index contributed by atoms with van der Waals surface area (Å²) >= 11 is 0. The molecule has 0 saturated heterocycles. The molecule has 0 radical (unpaired) electrons. The van der Waals surface area contributed by atoms with E-state index in [1.165, 1.54) is 24.6 Å². The molecule has 3 rings (SSSR count). The monoisotopic (exact) mass is 348 g/mol. The summed E-state index contributed by atoms with van der Waals surface area (Å²) in [5.74, 6) is 0.970. The van der Waals surface area contributed by atoms with E-state index in [-0.39, 0.29) is 5.97 Å². The summed E-state index contributed by atoms with van der Waals surface area (Å²) in [7, 11) is 1.36. The van der Waals surface area contributed by atoms with Crippen LogP contribution in [-0.2, 0) is 11.3 Å². The largest absolute Gasteiger partial charge is 0.465 e. The summed E-state index contributed by atoms with van der Waals surface area (Å²) in [6.07, 6.45) is 1.49. The van der Waals surface area contributed by atoms with E-state index in [1.807, 2.05) is 12.1 Å². The van der Waals surface area contributed by atoms with E-state index in [9.17, 15) is 4.79 Å². The van der Waals surface area contributed by atoms with E-state index in [1.54, 1.807) is 18.2 Å². The molecule has 0 aliphatic rings. The minimum atomic E-state index is -0.378. The van der Waals surface area contributed by atoms with Crippen molar-refractivity contribution in [1.82, 2.24) is 9.97 Å². The number of aromatic nitrogens is 2. The number of carbonyl (C=O) groups excluding carboxylic acids is 1. The second kappa shape index (κ2) is 8.11. The number of hydrogen-bond donors (Lipinski definition) is 2. The average molecular weight is 348 g/mol. The molecule has 6 heteroatoms. The van der Waals surface area contributed by atoms with Crippen molar-refractivity contribution in [3.8, 4) is 0 Å². The fourth-order valence-corrected chi connectivity index (χ4v) is 2.41. The van der Waals surface area contributed by atoms with Gasteiger partial charge in [-0.1, -0.05) is 35.9 Å². The van der Waals surface area contributed by atoms with Gasteiger partial charge >= 0.3 is 5.97 Å². The van der Waals surface area contributed by atoms with Gasteiger partial charge in [-0.15, -0.1) is 0 Å². The second-order valence-electron chi connectivity index (χ2n) is 5.83. The Morgan fingerprint density at radius 2 is 1.81 bits per heavy atom. The molecule has 0 saturated carbocycles. The number of aryl methyl sites for hydroxylation is 1. The summed E-state index contributed by atoms with van der Waals surface area (Å²) in [6.45, 7) is 2.74. The van der Waals surface area contributed by atoms with Gasteiger partial charge in [0.15, 0.2) is 0 Å². The highest BCUT2D eigenvalue weighted by Crippen LogP contribution is 2.18. The quantitative estimate of drug-likeness (QED) is 0.658. The topological polar surface area (TPSA) is 76.1 Å². The first-order chi connectivity index (χ1) is 12.6. The Morgan fingerprint density at radius 1 is 1.04 bits per heavy atom. The number of nitrogens with zero attached hydrogens (tertiary/aromatic N) is 2. The van der Waals surface area contributed by atoms with Crippen molar-refractivity contribution in [2.75, 3.05) is 17.7 Å². The van der Waals surface area contributed by atoms with E-state index in [0.717, 1.165) is 5.69 Å². The zero-order chi connectivity index (χ0) is 18.4. The van der Waals surface area contributed by atoms with Gasteiger partial charge in [-0.2, -0.15) is 0 Å². The number of hydrogen-bond acceptors (Lipinski definition) is 6. The van der Waals surface area contributed by atoms with E-state index in [2.05, 4.69) is 51.8 Å². The van der Waals surface area contributed by atoms with Crippen LogP contribution < -0.4 is 10.6 Å². The van der Waals surface area contributed by atoms with Crippen molar-refractivity contribution in [2.45, 2.75) is 13.5 Å². The SMILES string of the molecule is COC(=O)c1cccc(Nc2cc(NCc3ccc(C)cc3)ncn2)c1. The van der Waals surface area contributed by atoms with Gasteiger partial charge in [0.2, 0.25) is 0 Å². The fourth-order valence-electron chi connectivity index (χ4n) is 2.41. The van der Waals surface area contributed by atoms with Crippen LogP contribution in [-0.4, -0.2) is 23.0 Å². The van der Waals surface area contributed by atoms with Crippen LogP contribution in [0.15, 0.2) is 60.9 Å². The zero-order valence-corrected chi connectivity index (χ0v) is 14.7. The third kappa shape index (κ3) is 4.57. The van der Waals surface area contributed by atoms with Crippen LogP contribution in [0.4, 0.5) is 17.3 Å². The number of carbonyl (C=O) groups is 1. The van der Waals surface area contributed by atoms with Crippen LogP contribution in [0.1, 0.15) is 21.5 Å². The number of esters is 1. The van der Waals surface area contributed by atoms with Crippen molar-refractivity contribution in [3.05, 3.63) is 77.6 Å². The summed E-state index contributed by atoms with van der Waals surface area (Å²) in [5.41, 5.74) is 3.63. The zero-order valence-electron chi connectivity index (χ0n) is 14.7. The smallest absolute Gasteiger partial charge is 0.337 e. The molecule has 0 amide bonds. The Labute approximate surface area is 152 Å². The molecule has 6 nitrogen and oxygen atoms in total. The average Bonchev–Trinajstić information content (AvgIpc) is 2.67. The fraction of sp³-hybridized carbons (Fsp3) is 0.150. The molecule has 1 aromatic heterocycles. The Balaban J connectivity index is 1.67. The Kier molecular flexibility index (Phi) is 5.43. The minimum absolute atomic E-state index is 0.378. The summed E-state index contributed by atoms with van der Waals surface area (Å²) in [5, 5.41) is 6.45. The predicted octanol–water partition coefficient (Wildman–Crippen LogP) is 3.93. The number of nitrogens with one attached hydrogen (secondary N) is 2. The van der Waals surface area contributed by atoms with Gasteiger partial charge in [-0.05, 0) is 30.7 Å². The van der Waals surface area contributed by atoms with Crippen molar-refractivity contribution in [1.29, 1.82) is 0 Å². The van der Waals surface area contributed by atoms with Gasteiger partial charge in [-0.25, -0.2) is 14.8 Å². The Bertz CT molecular complexity index is 894. The van der Waals surface area contributed by atoms with Crippen LogP contribution in [0.3, 0.4) is 0 Å². The number of ether oxygens (including phenoxy) is 1. The number of rotatable bonds is 6. The van der Waals surface area contributed by atoms with Crippen LogP contribution in [0.2, 0.25) is 0 Å². The molecule has 132 valence electrons. The molecule has 0 unspecified atom stereocenters. The molecule has 2 N–H and O–H groups in total. The molecular formula is C20H20N4O2. The lowest BCUT2D eigenvalue weighted by molar-refractivity contribution is 0.0601. The predicted molar refractivity (Wildman–Crippen MR) is 102 cm³/mol. The van der Waals surface area contributed by atoms with Crippen molar-refractivity contribution < 1.29 is 9.53 Å². The highest BCUT2D eigenvalue weighted by Gasteiger charge is 2.06. The maximum absolute atomic E-state index is 11.6. The molecule has 0 fully saturated rings. The van der Waals surface area contributed by atoms with Crippen LogP contribution in [0.5, 0.6) is 0 Å². The first kappa shape index (κ1) is 17.4. The Morgan fingerprint density at radius 3 is 2.58 bits per heavy atom. The van der Waals surface area contributed by atoms with Gasteiger partial charge in [0.05, 0.1) is 12.7 Å². The molecule has 0 bridgehead atoms. The van der Waals surface area contributed by atoms with Crippen molar-refractivity contribution in [2.24, 2.45) is 0 Å². The third-order valence-corrected chi connectivity index (χ3v) is 3.82. The third-order valence-electron chi connectivity index (χ3n) is 3.82. The highest BCUT2D eigenvalue weighted by molar-refractivity contribution is 5.90. The summed E-state index contributed by atoms with van der Waals surface area (Å²) in [6, 6.07) is 17.2. The van der Waals surface area contributed by atoms with E-state index in [0.29, 0.717) is 23.7 Å². The lowest BCUT2D eigenvalue weighted by Crippen LogP contribution is -2.04. The molecule has 2 aromatic carbocycles. The van der Waals surface area contributed by atoms with Gasteiger partial charge in [-0.3, -0.25) is 0 Å². The number of methoxy groups -OCH3 is 1. The lowest BCUT2D eigenvalue weighted by atomic mass is 10.1. The standard InChI is InChI=1S/C20H20N4O2/c1-14-6-8-15(9-7-14)12-21-18-11-19(23-13-22-18)24-17-5-3-4-16(10-17)20(25)26-2/h3-11,13H,12H2,1-2H3,(H2,21,22,23,24). The molecule has 26 heavy (non-hydrogen) atoms. The minimum Gasteiger partial charge on any atom is -0.465 e. The van der Waals surface area contributed by atoms with Crippen molar-refractivity contribution >= 4 is 23.3 Å². The van der Waals surface area contributed by atoms with Crippen molar-refractivity contribution in [3.63, 3.8) is 0 Å². The Hall–Kier alpha value is -3.41. The molecule has 0 aliphatic carbocycles. The number of benzene rings is 2. The molecule has 3 aromatic rings. The first-order valence-electron chi connectivity index (χ1n) is 8.21. The molecule has 0 aliphatic heterocycles.